The van der Waals surface area contributed by atoms with Crippen molar-refractivity contribution in [1.82, 2.24) is 20.2 Å². The van der Waals surface area contributed by atoms with Gasteiger partial charge in [-0.1, -0.05) is 36.1 Å². The number of carbonyl (C=O) groups excluding carboxylic acids is 1. The smallest absolute Gasteiger partial charge is 0.263 e. The molecule has 3 N–H and O–H groups in total. The van der Waals surface area contributed by atoms with E-state index in [1.165, 1.54) is 23.5 Å². The fourth-order valence-electron chi connectivity index (χ4n) is 3.83. The first kappa shape index (κ1) is 23.4. The summed E-state index contributed by atoms with van der Waals surface area (Å²) in [6, 6.07) is 8.54. The lowest BCUT2D eigenvalue weighted by Gasteiger charge is -2.43. The maximum absolute atomic E-state index is 11.7. The van der Waals surface area contributed by atoms with Crippen molar-refractivity contribution in [2.75, 3.05) is 31.1 Å². The predicted octanol–water partition coefficient (Wildman–Crippen LogP) is 4.06. The van der Waals surface area contributed by atoms with Gasteiger partial charge in [0, 0.05) is 37.4 Å². The van der Waals surface area contributed by atoms with Gasteiger partial charge < -0.3 is 20.6 Å². The van der Waals surface area contributed by atoms with Gasteiger partial charge in [-0.15, -0.1) is 0 Å². The highest BCUT2D eigenvalue weighted by Gasteiger charge is 2.26. The van der Waals surface area contributed by atoms with Crippen LogP contribution in [0.25, 0.3) is 17.3 Å². The van der Waals surface area contributed by atoms with Crippen LogP contribution in [-0.2, 0) is 4.79 Å². The van der Waals surface area contributed by atoms with Gasteiger partial charge in [0.05, 0.1) is 22.5 Å². The molecule has 1 amide bonds. The molecule has 1 aromatic heterocycles. The van der Waals surface area contributed by atoms with Gasteiger partial charge in [-0.25, -0.2) is 4.98 Å². The zero-order valence-electron chi connectivity index (χ0n) is 19.0. The Kier molecular flexibility index (Phi) is 6.83. The number of imidazole rings is 1. The van der Waals surface area contributed by atoms with E-state index in [0.29, 0.717) is 15.1 Å². The molecular weight excluding hydrogens is 452 g/mol. The molecule has 0 aliphatic carbocycles. The summed E-state index contributed by atoms with van der Waals surface area (Å²) in [6.45, 7) is 11.0. The van der Waals surface area contributed by atoms with Crippen LogP contribution in [0.1, 0.15) is 26.6 Å². The third-order valence-corrected chi connectivity index (χ3v) is 6.88. The lowest BCUT2D eigenvalue weighted by molar-refractivity contribution is -0.115. The molecule has 2 aliphatic heterocycles. The second-order valence-electron chi connectivity index (χ2n) is 9.01. The Labute approximate surface area is 203 Å². The second-order valence-corrected chi connectivity index (χ2v) is 10.7. The van der Waals surface area contributed by atoms with Gasteiger partial charge in [-0.3, -0.25) is 9.69 Å². The SMILES string of the molecule is CC(C)(C)N1CCN(c2ccc(-c3cnc(/C=C\C(=N)/C=C4\SC(=S)NC4=O)[nH]3)cc2)CC1. The number of aromatic nitrogens is 2. The number of anilines is 1. The van der Waals surface area contributed by atoms with Crippen molar-refractivity contribution in [3.63, 3.8) is 0 Å². The fourth-order valence-corrected chi connectivity index (χ4v) is 4.87. The monoisotopic (exact) mass is 480 g/mol. The molecule has 33 heavy (non-hydrogen) atoms. The third kappa shape index (κ3) is 5.79. The summed E-state index contributed by atoms with van der Waals surface area (Å²) in [6.07, 6.45) is 6.62. The van der Waals surface area contributed by atoms with Gasteiger partial charge in [-0.05, 0) is 56.7 Å². The summed E-state index contributed by atoms with van der Waals surface area (Å²) in [5.74, 6) is 0.387. The summed E-state index contributed by atoms with van der Waals surface area (Å²) >= 11 is 6.13. The van der Waals surface area contributed by atoms with E-state index in [1.54, 1.807) is 18.3 Å². The van der Waals surface area contributed by atoms with Gasteiger partial charge in [0.25, 0.3) is 5.91 Å². The number of hydrogen-bond donors (Lipinski definition) is 3. The molecule has 0 radical (unpaired) electrons. The average molecular weight is 481 g/mol. The van der Waals surface area contributed by atoms with Crippen molar-refractivity contribution in [1.29, 1.82) is 5.41 Å². The van der Waals surface area contributed by atoms with Crippen molar-refractivity contribution in [2.45, 2.75) is 26.3 Å². The lowest BCUT2D eigenvalue weighted by Crippen LogP contribution is -2.53. The molecule has 0 bridgehead atoms. The maximum atomic E-state index is 11.7. The lowest BCUT2D eigenvalue weighted by atomic mass is 10.0. The first-order valence-electron chi connectivity index (χ1n) is 10.9. The van der Waals surface area contributed by atoms with Crippen LogP contribution in [0.4, 0.5) is 5.69 Å². The Morgan fingerprint density at radius 3 is 2.48 bits per heavy atom. The van der Waals surface area contributed by atoms with Crippen molar-refractivity contribution in [3.05, 3.63) is 53.3 Å². The van der Waals surface area contributed by atoms with E-state index in [2.05, 4.69) is 70.1 Å². The second kappa shape index (κ2) is 9.62. The molecule has 7 nitrogen and oxygen atoms in total. The van der Waals surface area contributed by atoms with E-state index in [0.717, 1.165) is 37.4 Å². The number of H-pyrrole nitrogens is 1. The number of carbonyl (C=O) groups is 1. The van der Waals surface area contributed by atoms with Gasteiger partial charge in [0.15, 0.2) is 0 Å². The quantitative estimate of drug-likeness (QED) is 0.340. The van der Waals surface area contributed by atoms with Gasteiger partial charge >= 0.3 is 0 Å². The van der Waals surface area contributed by atoms with E-state index in [1.807, 2.05) is 0 Å². The first-order valence-corrected chi connectivity index (χ1v) is 12.1. The third-order valence-electron chi connectivity index (χ3n) is 5.72. The van der Waals surface area contributed by atoms with Crippen LogP contribution in [0.5, 0.6) is 0 Å². The van der Waals surface area contributed by atoms with Crippen LogP contribution >= 0.6 is 24.0 Å². The molecule has 172 valence electrons. The van der Waals surface area contributed by atoms with E-state index >= 15 is 0 Å². The van der Waals surface area contributed by atoms with Crippen LogP contribution in [0.3, 0.4) is 0 Å². The number of rotatable bonds is 5. The zero-order chi connectivity index (χ0) is 23.6. The average Bonchev–Trinajstić information content (AvgIpc) is 3.38. The number of thioether (sulfide) groups is 1. The van der Waals surface area contributed by atoms with Crippen LogP contribution in [0.2, 0.25) is 0 Å². The molecule has 2 aromatic rings. The summed E-state index contributed by atoms with van der Waals surface area (Å²) in [7, 11) is 0. The highest BCUT2D eigenvalue weighted by molar-refractivity contribution is 8.26. The van der Waals surface area contributed by atoms with Gasteiger partial charge in [-0.2, -0.15) is 0 Å². The van der Waals surface area contributed by atoms with Gasteiger partial charge in [0.1, 0.15) is 10.1 Å². The molecule has 3 heterocycles. The summed E-state index contributed by atoms with van der Waals surface area (Å²) in [5.41, 5.74) is 3.63. The predicted molar refractivity (Wildman–Crippen MR) is 141 cm³/mol. The molecule has 0 saturated carbocycles. The minimum absolute atomic E-state index is 0.200. The number of nitrogens with zero attached hydrogens (tertiary/aromatic N) is 3. The molecule has 2 saturated heterocycles. The molecule has 2 aliphatic rings. The molecule has 0 unspecified atom stereocenters. The maximum Gasteiger partial charge on any atom is 0.263 e. The summed E-state index contributed by atoms with van der Waals surface area (Å²) < 4.78 is 0.414. The van der Waals surface area contributed by atoms with Crippen molar-refractivity contribution in [3.8, 4) is 11.3 Å². The van der Waals surface area contributed by atoms with E-state index in [4.69, 9.17) is 17.6 Å². The topological polar surface area (TPSA) is 88.1 Å². The Hall–Kier alpha value is -2.75. The normalized spacial score (nSPS) is 19.0. The van der Waals surface area contributed by atoms with E-state index in [9.17, 15) is 4.79 Å². The molecule has 0 atom stereocenters. The molecule has 9 heteroatoms. The number of aromatic amines is 1. The summed E-state index contributed by atoms with van der Waals surface area (Å²) in [5, 5.41) is 10.6. The molecule has 0 spiro atoms. The Morgan fingerprint density at radius 2 is 1.88 bits per heavy atom. The van der Waals surface area contributed by atoms with Crippen LogP contribution < -0.4 is 10.2 Å². The number of hydrogen-bond acceptors (Lipinski definition) is 7. The Balaban J connectivity index is 1.36. The van der Waals surface area contributed by atoms with E-state index in [-0.39, 0.29) is 17.2 Å². The minimum Gasteiger partial charge on any atom is -0.369 e. The molecule has 1 aromatic carbocycles. The largest absolute Gasteiger partial charge is 0.369 e. The number of amides is 1. The number of nitrogens with one attached hydrogen (secondary N) is 3. The van der Waals surface area contributed by atoms with Crippen LogP contribution in [0, 0.1) is 5.41 Å². The van der Waals surface area contributed by atoms with Crippen LogP contribution in [-0.4, -0.2) is 62.5 Å². The van der Waals surface area contributed by atoms with E-state index < -0.39 is 0 Å². The number of benzene rings is 1. The Morgan fingerprint density at radius 1 is 1.18 bits per heavy atom. The molecular formula is C24H28N6OS2. The van der Waals surface area contributed by atoms with Crippen molar-refractivity contribution < 1.29 is 4.79 Å². The molecule has 4 rings (SSSR count). The first-order chi connectivity index (χ1) is 15.7. The zero-order valence-corrected chi connectivity index (χ0v) is 20.6. The number of allylic oxidation sites excluding steroid dienone is 2. The van der Waals surface area contributed by atoms with Crippen molar-refractivity contribution >= 4 is 51.7 Å². The fraction of sp³-hybridized carbons (Fsp3) is 0.333. The molecule has 2 fully saturated rings. The highest BCUT2D eigenvalue weighted by Crippen LogP contribution is 2.25. The standard InChI is InChI=1S/C24H28N6OS2/c1-24(2,3)30-12-10-29(11-13-30)18-7-4-16(5-8-18)19-15-26-21(27-19)9-6-17(25)14-20-22(31)28-23(32)33-20/h4-9,14-15,25H,10-13H2,1-3H3,(H,26,27)(H,28,31,32)/b9-6-,20-14-,25-17?. The summed E-state index contributed by atoms with van der Waals surface area (Å²) in [4.78, 5) is 24.8. The highest BCUT2D eigenvalue weighted by atomic mass is 32.2. The Bertz CT molecular complexity index is 1120. The van der Waals surface area contributed by atoms with Gasteiger partial charge in [0.2, 0.25) is 0 Å². The van der Waals surface area contributed by atoms with Crippen molar-refractivity contribution in [2.24, 2.45) is 0 Å². The number of piperazine rings is 1. The minimum atomic E-state index is -0.261. The number of thiocarbonyl (C=S) groups is 1. The van der Waals surface area contributed by atoms with Crippen LogP contribution in [0.15, 0.2) is 47.5 Å².